The van der Waals surface area contributed by atoms with Gasteiger partial charge in [0.1, 0.15) is 18.2 Å². The van der Waals surface area contributed by atoms with Crippen LogP contribution < -0.4 is 10.2 Å². The highest BCUT2D eigenvalue weighted by atomic mass is 19.1. The molecule has 228 valence electrons. The summed E-state index contributed by atoms with van der Waals surface area (Å²) < 4.78 is 33.2. The maximum absolute atomic E-state index is 13.8. The molecule has 0 aliphatic carbocycles. The maximum atomic E-state index is 13.8. The van der Waals surface area contributed by atoms with E-state index >= 15 is 0 Å². The van der Waals surface area contributed by atoms with Crippen LogP contribution in [0.5, 0.6) is 0 Å². The van der Waals surface area contributed by atoms with E-state index in [1.165, 1.54) is 19.1 Å². The van der Waals surface area contributed by atoms with Crippen LogP contribution in [0.15, 0.2) is 71.7 Å². The third-order valence-corrected chi connectivity index (χ3v) is 7.10. The van der Waals surface area contributed by atoms with E-state index < -0.39 is 29.9 Å². The summed E-state index contributed by atoms with van der Waals surface area (Å²) in [7, 11) is 0. The van der Waals surface area contributed by atoms with Crippen molar-refractivity contribution in [1.82, 2.24) is 5.32 Å². The highest BCUT2D eigenvalue weighted by molar-refractivity contribution is 6.10. The first-order chi connectivity index (χ1) is 20.4. The van der Waals surface area contributed by atoms with Crippen LogP contribution in [0, 0.1) is 17.0 Å². The fourth-order valence-corrected chi connectivity index (χ4v) is 5.25. The van der Waals surface area contributed by atoms with Gasteiger partial charge in [-0.25, -0.2) is 13.6 Å². The molecular weight excluding hydrogens is 552 g/mol. The van der Waals surface area contributed by atoms with Crippen LogP contribution in [0.1, 0.15) is 56.4 Å². The Morgan fingerprint density at radius 2 is 1.70 bits per heavy atom. The van der Waals surface area contributed by atoms with E-state index in [-0.39, 0.29) is 30.9 Å². The molecule has 0 fully saturated rings. The molecule has 0 spiro atoms. The Balaban J connectivity index is 1.57. The van der Waals surface area contributed by atoms with Crippen LogP contribution >= 0.6 is 0 Å². The molecule has 2 N–H and O–H groups in total. The number of carbonyl (C=O) groups is 2. The highest BCUT2D eigenvalue weighted by Gasteiger charge is 2.29. The lowest BCUT2D eigenvalue weighted by atomic mass is 9.86. The van der Waals surface area contributed by atoms with E-state index in [9.17, 15) is 23.5 Å². The molecule has 0 aromatic heterocycles. The Morgan fingerprint density at radius 1 is 1.00 bits per heavy atom. The monoisotopic (exact) mass is 591 g/mol. The predicted molar refractivity (Wildman–Crippen MR) is 163 cm³/mol. The molecule has 9 heteroatoms. The average Bonchev–Trinajstić information content (AvgIpc) is 2.93. The number of benzene rings is 3. The molecule has 0 radical (unpaired) electrons. The molecule has 2 atom stereocenters. The van der Waals surface area contributed by atoms with Gasteiger partial charge in [-0.1, -0.05) is 57.2 Å². The Hall–Kier alpha value is -4.11. The summed E-state index contributed by atoms with van der Waals surface area (Å²) >= 11 is 0. The van der Waals surface area contributed by atoms with Crippen molar-refractivity contribution >= 4 is 23.4 Å². The number of aliphatic hydroxyl groups is 1. The number of nitrogens with one attached hydrogen (secondary N) is 1. The normalized spacial score (nSPS) is 15.5. The van der Waals surface area contributed by atoms with Crippen LogP contribution in [-0.4, -0.2) is 48.1 Å². The average molecular weight is 592 g/mol. The van der Waals surface area contributed by atoms with E-state index in [1.807, 2.05) is 48.5 Å². The molecule has 0 unspecified atom stereocenters. The molecule has 1 aliphatic heterocycles. The van der Waals surface area contributed by atoms with Crippen molar-refractivity contribution in [3.63, 3.8) is 0 Å². The minimum Gasteiger partial charge on any atom is -0.444 e. The van der Waals surface area contributed by atoms with Crippen molar-refractivity contribution < 1.29 is 28.2 Å². The summed E-state index contributed by atoms with van der Waals surface area (Å²) in [4.78, 5) is 31.4. The van der Waals surface area contributed by atoms with Gasteiger partial charge in [0, 0.05) is 37.2 Å². The second-order valence-corrected chi connectivity index (χ2v) is 12.2. The zero-order chi connectivity index (χ0) is 31.1. The van der Waals surface area contributed by atoms with Crippen molar-refractivity contribution in [2.75, 3.05) is 18.0 Å². The summed E-state index contributed by atoms with van der Waals surface area (Å²) in [6, 6.07) is 17.7. The summed E-state index contributed by atoms with van der Waals surface area (Å²) in [6.45, 7) is 8.20. The number of amides is 2. The lowest BCUT2D eigenvalue weighted by Gasteiger charge is -2.31. The first-order valence-electron chi connectivity index (χ1n) is 14.4. The third-order valence-electron chi connectivity index (χ3n) is 7.10. The van der Waals surface area contributed by atoms with E-state index in [2.05, 4.69) is 26.1 Å². The quantitative estimate of drug-likeness (QED) is 0.320. The predicted octanol–water partition coefficient (Wildman–Crippen LogP) is 6.00. The van der Waals surface area contributed by atoms with Crippen molar-refractivity contribution in [1.29, 1.82) is 0 Å². The van der Waals surface area contributed by atoms with Crippen LogP contribution in [-0.2, 0) is 29.0 Å². The van der Waals surface area contributed by atoms with Crippen LogP contribution in [0.2, 0.25) is 0 Å². The Kier molecular flexibility index (Phi) is 10.3. The third kappa shape index (κ3) is 9.19. The van der Waals surface area contributed by atoms with Gasteiger partial charge < -0.3 is 15.2 Å². The second-order valence-electron chi connectivity index (χ2n) is 12.2. The highest BCUT2D eigenvalue weighted by Crippen LogP contribution is 2.32. The van der Waals surface area contributed by atoms with Gasteiger partial charge in [-0.05, 0) is 59.2 Å². The molecular formula is C34H39F2N3O4. The number of carbonyl (C=O) groups excluding carboxylic acids is 2. The molecule has 7 nitrogen and oxygen atoms in total. The van der Waals surface area contributed by atoms with Crippen LogP contribution in [0.3, 0.4) is 0 Å². The fourth-order valence-electron chi connectivity index (χ4n) is 5.25. The van der Waals surface area contributed by atoms with Gasteiger partial charge in [0.25, 0.3) is 0 Å². The molecule has 3 aromatic carbocycles. The van der Waals surface area contributed by atoms with E-state index in [0.29, 0.717) is 24.2 Å². The number of hydrogen-bond donors (Lipinski definition) is 2. The summed E-state index contributed by atoms with van der Waals surface area (Å²) in [5.74, 6) is -1.85. The largest absolute Gasteiger partial charge is 0.444 e. The zero-order valence-electron chi connectivity index (χ0n) is 25.1. The summed E-state index contributed by atoms with van der Waals surface area (Å²) in [5.41, 5.74) is 4.48. The number of hydrogen-bond acceptors (Lipinski definition) is 5. The number of fused-ring (bicyclic) bond motifs is 1. The number of ether oxygens (including phenoxy) is 1. The molecule has 0 saturated carbocycles. The van der Waals surface area contributed by atoms with Gasteiger partial charge >= 0.3 is 6.09 Å². The Labute approximate surface area is 251 Å². The topological polar surface area (TPSA) is 91.2 Å². The van der Waals surface area contributed by atoms with E-state index in [1.54, 1.807) is 4.90 Å². The minimum atomic E-state index is -1.13. The number of anilines is 1. The number of aliphatic imine (C=N–C) groups is 1. The van der Waals surface area contributed by atoms with E-state index in [0.717, 1.165) is 34.9 Å². The van der Waals surface area contributed by atoms with Crippen LogP contribution in [0.25, 0.3) is 0 Å². The van der Waals surface area contributed by atoms with Crippen molar-refractivity contribution in [2.45, 2.75) is 65.7 Å². The van der Waals surface area contributed by atoms with Gasteiger partial charge in [-0.15, -0.1) is 0 Å². The molecule has 1 heterocycles. The molecule has 1 aliphatic rings. The molecule has 3 aromatic rings. The van der Waals surface area contributed by atoms with Crippen molar-refractivity contribution in [3.05, 3.63) is 101 Å². The first kappa shape index (κ1) is 31.8. The Bertz CT molecular complexity index is 1450. The molecule has 2 amide bonds. The van der Waals surface area contributed by atoms with Gasteiger partial charge in [0.2, 0.25) is 5.91 Å². The number of halogens is 2. The van der Waals surface area contributed by atoms with Crippen molar-refractivity contribution in [2.24, 2.45) is 10.4 Å². The summed E-state index contributed by atoms with van der Waals surface area (Å²) in [5, 5.41) is 13.8. The fraction of sp³-hybridized carbons (Fsp3) is 0.382. The zero-order valence-corrected chi connectivity index (χ0v) is 25.1. The minimum absolute atomic E-state index is 0.0215. The molecule has 0 bridgehead atoms. The maximum Gasteiger partial charge on any atom is 0.414 e. The number of nitrogens with zero attached hydrogens (tertiary/aromatic N) is 2. The first-order valence-corrected chi connectivity index (χ1v) is 14.4. The Morgan fingerprint density at radius 3 is 2.35 bits per heavy atom. The van der Waals surface area contributed by atoms with E-state index in [4.69, 9.17) is 9.73 Å². The number of aliphatic hydroxyl groups excluding tert-OH is 1. The molecule has 0 saturated heterocycles. The van der Waals surface area contributed by atoms with Gasteiger partial charge in [0.05, 0.1) is 24.4 Å². The SMILES string of the molecule is CC(=O)N[C@@H](Cc1cc(F)cc(F)c1)[C@H](O)CN=C1CCN(C(=O)OCc2ccccc2)c2ccc(CC(C)(C)C)cc21. The summed E-state index contributed by atoms with van der Waals surface area (Å²) in [6.07, 6.45) is -0.325. The van der Waals surface area contributed by atoms with Gasteiger partial charge in [-0.3, -0.25) is 14.7 Å². The lowest BCUT2D eigenvalue weighted by molar-refractivity contribution is -0.120. The van der Waals surface area contributed by atoms with Gasteiger partial charge in [0.15, 0.2) is 0 Å². The van der Waals surface area contributed by atoms with Gasteiger partial charge in [-0.2, -0.15) is 0 Å². The van der Waals surface area contributed by atoms with Crippen molar-refractivity contribution in [3.8, 4) is 0 Å². The molecule has 43 heavy (non-hydrogen) atoms. The lowest BCUT2D eigenvalue weighted by Crippen LogP contribution is -2.45. The smallest absolute Gasteiger partial charge is 0.414 e. The number of rotatable bonds is 9. The molecule has 4 rings (SSSR count). The second kappa shape index (κ2) is 13.9. The van der Waals surface area contributed by atoms with Crippen LogP contribution in [0.4, 0.5) is 19.3 Å². The standard InChI is InChI=1S/C34H39F2N3O4/c1-22(40)38-30(17-25-14-26(35)18-27(36)15-25)32(41)20-37-29-12-13-39(33(42)43-21-23-8-6-5-7-9-23)31-11-10-24(16-28(29)31)19-34(2,3)4/h5-11,14-16,18,30,32,41H,12-13,17,19-21H2,1-4H3,(H,38,40)/t30-,32+/m0/s1.